The van der Waals surface area contributed by atoms with Crippen molar-refractivity contribution < 1.29 is 14.3 Å². The third-order valence-electron chi connectivity index (χ3n) is 4.33. The smallest absolute Gasteiger partial charge is 0.315 e. The van der Waals surface area contributed by atoms with E-state index in [1.54, 1.807) is 7.11 Å². The number of methoxy groups -OCH3 is 1. The molecule has 25 heavy (non-hydrogen) atoms. The number of carbonyl (C=O) groups is 2. The maximum Gasteiger partial charge on any atom is 0.315 e. The van der Waals surface area contributed by atoms with E-state index < -0.39 is 0 Å². The van der Waals surface area contributed by atoms with Gasteiger partial charge in [0.25, 0.3) is 0 Å². The maximum absolute atomic E-state index is 12.0. The maximum atomic E-state index is 12.0. The fourth-order valence-electron chi connectivity index (χ4n) is 3.06. The number of urea groups is 1. The number of hydrogen-bond acceptors (Lipinski definition) is 3. The molecule has 1 fully saturated rings. The predicted molar refractivity (Wildman–Crippen MR) is 98.4 cm³/mol. The highest BCUT2D eigenvalue weighted by molar-refractivity contribution is 5.90. The summed E-state index contributed by atoms with van der Waals surface area (Å²) in [5, 5.41) is 8.70. The van der Waals surface area contributed by atoms with Crippen LogP contribution in [0.4, 0.5) is 10.5 Å². The molecule has 0 radical (unpaired) electrons. The van der Waals surface area contributed by atoms with Crippen molar-refractivity contribution in [2.75, 3.05) is 19.0 Å². The van der Waals surface area contributed by atoms with Crippen LogP contribution in [0, 0.1) is 0 Å². The monoisotopic (exact) mass is 347 g/mol. The summed E-state index contributed by atoms with van der Waals surface area (Å²) < 4.78 is 5.09. The molecule has 3 amide bonds. The van der Waals surface area contributed by atoms with Crippen molar-refractivity contribution in [2.45, 2.75) is 57.6 Å². The number of amides is 3. The Balaban J connectivity index is 1.60. The summed E-state index contributed by atoms with van der Waals surface area (Å²) in [6.45, 7) is 1.01. The second kappa shape index (κ2) is 10.7. The minimum absolute atomic E-state index is 0.0518. The lowest BCUT2D eigenvalue weighted by atomic mass is 9.96. The number of hydrogen-bond donors (Lipinski definition) is 3. The number of rotatable bonds is 8. The lowest BCUT2D eigenvalue weighted by Gasteiger charge is -2.22. The van der Waals surface area contributed by atoms with Gasteiger partial charge in [0.05, 0.1) is 6.61 Å². The predicted octanol–water partition coefficient (Wildman–Crippen LogP) is 3.18. The van der Waals surface area contributed by atoms with Gasteiger partial charge in [-0.3, -0.25) is 4.79 Å². The molecule has 1 aliphatic rings. The first kappa shape index (κ1) is 19.2. The van der Waals surface area contributed by atoms with Gasteiger partial charge in [-0.25, -0.2) is 4.79 Å². The van der Waals surface area contributed by atoms with Crippen LogP contribution in [-0.2, 0) is 16.1 Å². The summed E-state index contributed by atoms with van der Waals surface area (Å²) in [7, 11) is 1.64. The molecule has 1 aromatic rings. The minimum Gasteiger partial charge on any atom is -0.380 e. The van der Waals surface area contributed by atoms with Crippen molar-refractivity contribution in [3.63, 3.8) is 0 Å². The molecule has 1 aromatic carbocycles. The van der Waals surface area contributed by atoms with Crippen LogP contribution in [-0.4, -0.2) is 31.6 Å². The molecule has 0 bridgehead atoms. The van der Waals surface area contributed by atoms with E-state index in [9.17, 15) is 9.59 Å². The number of ether oxygens (including phenoxy) is 1. The quantitative estimate of drug-likeness (QED) is 0.632. The fourth-order valence-corrected chi connectivity index (χ4v) is 3.06. The second-order valence-corrected chi connectivity index (χ2v) is 6.52. The van der Waals surface area contributed by atoms with E-state index in [0.29, 0.717) is 32.0 Å². The van der Waals surface area contributed by atoms with Gasteiger partial charge in [0, 0.05) is 31.8 Å². The van der Waals surface area contributed by atoms with Gasteiger partial charge in [-0.1, -0.05) is 31.4 Å². The van der Waals surface area contributed by atoms with Crippen LogP contribution < -0.4 is 16.0 Å². The largest absolute Gasteiger partial charge is 0.380 e. The average Bonchev–Trinajstić information content (AvgIpc) is 2.60. The molecule has 0 aromatic heterocycles. The van der Waals surface area contributed by atoms with Gasteiger partial charge >= 0.3 is 6.03 Å². The molecule has 6 nitrogen and oxygen atoms in total. The van der Waals surface area contributed by atoms with Gasteiger partial charge in [-0.05, 0) is 37.0 Å². The summed E-state index contributed by atoms with van der Waals surface area (Å²) in [4.78, 5) is 23.8. The Labute approximate surface area is 149 Å². The highest BCUT2D eigenvalue weighted by Gasteiger charge is 2.15. The van der Waals surface area contributed by atoms with Crippen molar-refractivity contribution >= 4 is 17.6 Å². The van der Waals surface area contributed by atoms with E-state index in [1.807, 2.05) is 24.3 Å². The Kier molecular flexibility index (Phi) is 8.25. The molecule has 0 heterocycles. The Bertz CT molecular complexity index is 557. The SMILES string of the molecule is COCc1cccc(NC(=O)CCCNC(=O)NC2CCCCC2)c1. The molecule has 0 atom stereocenters. The number of benzene rings is 1. The number of nitrogens with one attached hydrogen (secondary N) is 3. The molecule has 0 aliphatic heterocycles. The van der Waals surface area contributed by atoms with Gasteiger partial charge in [-0.2, -0.15) is 0 Å². The zero-order valence-electron chi connectivity index (χ0n) is 15.0. The lowest BCUT2D eigenvalue weighted by molar-refractivity contribution is -0.116. The van der Waals surface area contributed by atoms with Crippen molar-refractivity contribution in [3.05, 3.63) is 29.8 Å². The molecule has 6 heteroatoms. The van der Waals surface area contributed by atoms with E-state index in [1.165, 1.54) is 19.3 Å². The minimum atomic E-state index is -0.125. The first-order valence-electron chi connectivity index (χ1n) is 9.09. The van der Waals surface area contributed by atoms with E-state index in [2.05, 4.69) is 16.0 Å². The van der Waals surface area contributed by atoms with Gasteiger partial charge in [0.2, 0.25) is 5.91 Å². The molecule has 1 saturated carbocycles. The average molecular weight is 347 g/mol. The lowest BCUT2D eigenvalue weighted by Crippen LogP contribution is -2.43. The van der Waals surface area contributed by atoms with E-state index in [0.717, 1.165) is 24.1 Å². The highest BCUT2D eigenvalue weighted by Crippen LogP contribution is 2.17. The molecule has 3 N–H and O–H groups in total. The molecule has 2 rings (SSSR count). The zero-order chi connectivity index (χ0) is 17.9. The normalized spacial score (nSPS) is 14.8. The summed E-state index contributed by atoms with van der Waals surface area (Å²) in [5.41, 5.74) is 1.78. The van der Waals surface area contributed by atoms with Crippen molar-refractivity contribution in [1.29, 1.82) is 0 Å². The molecule has 1 aliphatic carbocycles. The summed E-state index contributed by atoms with van der Waals surface area (Å²) in [5.74, 6) is -0.0518. The highest BCUT2D eigenvalue weighted by atomic mass is 16.5. The molecule has 0 unspecified atom stereocenters. The topological polar surface area (TPSA) is 79.5 Å². The van der Waals surface area contributed by atoms with Crippen LogP contribution in [0.5, 0.6) is 0 Å². The first-order valence-corrected chi connectivity index (χ1v) is 9.09. The van der Waals surface area contributed by atoms with E-state index in [4.69, 9.17) is 4.74 Å². The van der Waals surface area contributed by atoms with Gasteiger partial charge in [-0.15, -0.1) is 0 Å². The fraction of sp³-hybridized carbons (Fsp3) is 0.579. The Morgan fingerprint density at radius 2 is 2.00 bits per heavy atom. The first-order chi connectivity index (χ1) is 12.2. The molecule has 0 saturated heterocycles. The summed E-state index contributed by atoms with van der Waals surface area (Å²) in [6.07, 6.45) is 6.77. The number of carbonyl (C=O) groups excluding carboxylic acids is 2. The van der Waals surface area contributed by atoms with E-state index >= 15 is 0 Å². The Morgan fingerprint density at radius 1 is 1.20 bits per heavy atom. The summed E-state index contributed by atoms with van der Waals surface area (Å²) >= 11 is 0. The van der Waals surface area contributed by atoms with Gasteiger partial charge < -0.3 is 20.7 Å². The summed E-state index contributed by atoms with van der Waals surface area (Å²) in [6, 6.07) is 7.77. The van der Waals surface area contributed by atoms with Crippen molar-refractivity contribution in [2.24, 2.45) is 0 Å². The third kappa shape index (κ3) is 7.56. The standard InChI is InChI=1S/C19H29N3O3/c1-25-14-15-7-5-10-17(13-15)21-18(23)11-6-12-20-19(24)22-16-8-3-2-4-9-16/h5,7,10,13,16H,2-4,6,8-9,11-12,14H2,1H3,(H,21,23)(H2,20,22,24). The third-order valence-corrected chi connectivity index (χ3v) is 4.33. The van der Waals surface area contributed by atoms with Gasteiger partial charge in [0.15, 0.2) is 0 Å². The van der Waals surface area contributed by atoms with Crippen molar-refractivity contribution in [1.82, 2.24) is 10.6 Å². The Hall–Kier alpha value is -2.08. The van der Waals surface area contributed by atoms with Crippen LogP contribution in [0.2, 0.25) is 0 Å². The van der Waals surface area contributed by atoms with Crippen molar-refractivity contribution in [3.8, 4) is 0 Å². The van der Waals surface area contributed by atoms with Crippen LogP contribution >= 0.6 is 0 Å². The van der Waals surface area contributed by atoms with Gasteiger partial charge in [0.1, 0.15) is 0 Å². The number of anilines is 1. The van der Waals surface area contributed by atoms with Crippen LogP contribution in [0.1, 0.15) is 50.5 Å². The van der Waals surface area contributed by atoms with Crippen LogP contribution in [0.25, 0.3) is 0 Å². The Morgan fingerprint density at radius 3 is 2.76 bits per heavy atom. The second-order valence-electron chi connectivity index (χ2n) is 6.52. The molecule has 138 valence electrons. The molecular weight excluding hydrogens is 318 g/mol. The van der Waals surface area contributed by atoms with E-state index in [-0.39, 0.29) is 11.9 Å². The van der Waals surface area contributed by atoms with Crippen LogP contribution in [0.3, 0.4) is 0 Å². The van der Waals surface area contributed by atoms with Crippen LogP contribution in [0.15, 0.2) is 24.3 Å². The molecule has 0 spiro atoms. The zero-order valence-corrected chi connectivity index (χ0v) is 15.0. The molecular formula is C19H29N3O3.